The van der Waals surface area contributed by atoms with Gasteiger partial charge in [-0.15, -0.1) is 0 Å². The first-order valence-corrected chi connectivity index (χ1v) is 7.08. The van der Waals surface area contributed by atoms with Gasteiger partial charge in [0.15, 0.2) is 0 Å². The minimum atomic E-state index is -0.285. The van der Waals surface area contributed by atoms with E-state index in [1.165, 1.54) is 0 Å². The average Bonchev–Trinajstić information content (AvgIpc) is 2.55. The fourth-order valence-corrected chi connectivity index (χ4v) is 2.01. The number of phenolic OH excluding ortho intramolecular Hbond substituents is 1. The van der Waals surface area contributed by atoms with Crippen molar-refractivity contribution in [2.45, 2.75) is 13.8 Å². The van der Waals surface area contributed by atoms with Crippen LogP contribution < -0.4 is 10.3 Å². The predicted octanol–water partition coefficient (Wildman–Crippen LogP) is 3.35. The number of hydrazone groups is 1. The van der Waals surface area contributed by atoms with Crippen molar-refractivity contribution in [1.82, 2.24) is 5.43 Å². The van der Waals surface area contributed by atoms with Crippen molar-refractivity contribution in [3.05, 3.63) is 60.2 Å². The molecule has 0 atom stereocenters. The molecule has 0 unspecified atom stereocenters. The summed E-state index contributed by atoms with van der Waals surface area (Å²) in [6.07, 6.45) is 0. The van der Waals surface area contributed by atoms with Crippen LogP contribution in [0.4, 0.5) is 10.5 Å². The second-order valence-corrected chi connectivity index (χ2v) is 4.74. The molecule has 0 aliphatic rings. The number of phenols is 1. The summed E-state index contributed by atoms with van der Waals surface area (Å²) >= 11 is 0. The zero-order valence-corrected chi connectivity index (χ0v) is 12.7. The summed E-state index contributed by atoms with van der Waals surface area (Å²) in [5.74, 6) is 0.196. The van der Waals surface area contributed by atoms with Crippen LogP contribution in [0.15, 0.2) is 59.7 Å². The first-order chi connectivity index (χ1) is 10.6. The molecule has 0 aliphatic heterocycles. The molecule has 22 heavy (non-hydrogen) atoms. The van der Waals surface area contributed by atoms with Crippen LogP contribution in [0.3, 0.4) is 0 Å². The molecule has 2 aromatic carbocycles. The first kappa shape index (κ1) is 15.6. The molecule has 2 aromatic rings. The fourth-order valence-electron chi connectivity index (χ4n) is 2.01. The number of carbonyl (C=O) groups excluding carboxylic acids is 1. The number of amides is 2. The van der Waals surface area contributed by atoms with Crippen molar-refractivity contribution >= 4 is 17.4 Å². The van der Waals surface area contributed by atoms with Crippen molar-refractivity contribution in [2.75, 3.05) is 11.4 Å². The molecule has 5 heteroatoms. The highest BCUT2D eigenvalue weighted by Crippen LogP contribution is 2.13. The maximum atomic E-state index is 12.2. The molecular weight excluding hydrogens is 278 g/mol. The summed E-state index contributed by atoms with van der Waals surface area (Å²) in [4.78, 5) is 13.8. The molecule has 2 amide bonds. The summed E-state index contributed by atoms with van der Waals surface area (Å²) in [5.41, 5.74) is 4.88. The minimum absolute atomic E-state index is 0.196. The number of urea groups is 1. The maximum absolute atomic E-state index is 12.2. The number of nitrogens with zero attached hydrogens (tertiary/aromatic N) is 2. The number of para-hydroxylation sites is 1. The van der Waals surface area contributed by atoms with E-state index in [9.17, 15) is 9.90 Å². The lowest BCUT2D eigenvalue weighted by atomic mass is 10.1. The van der Waals surface area contributed by atoms with Gasteiger partial charge in [-0.3, -0.25) is 4.90 Å². The predicted molar refractivity (Wildman–Crippen MR) is 88.3 cm³/mol. The molecular formula is C17H19N3O2. The largest absolute Gasteiger partial charge is 0.508 e. The van der Waals surface area contributed by atoms with E-state index in [4.69, 9.17) is 0 Å². The van der Waals surface area contributed by atoms with E-state index in [0.29, 0.717) is 12.3 Å². The third kappa shape index (κ3) is 3.85. The van der Waals surface area contributed by atoms with Crippen molar-refractivity contribution < 1.29 is 9.90 Å². The maximum Gasteiger partial charge on any atom is 0.342 e. The molecule has 0 saturated heterocycles. The number of hydrogen-bond donors (Lipinski definition) is 2. The van der Waals surface area contributed by atoms with E-state index >= 15 is 0 Å². The normalized spacial score (nSPS) is 11.1. The number of carbonyl (C=O) groups is 1. The minimum Gasteiger partial charge on any atom is -0.508 e. The second-order valence-electron chi connectivity index (χ2n) is 4.74. The first-order valence-electron chi connectivity index (χ1n) is 7.08. The SMILES string of the molecule is CCN(C(=O)N/N=C(\C)c1ccc(O)cc1)c1ccccc1. The molecule has 0 heterocycles. The molecule has 0 aliphatic carbocycles. The van der Waals surface area contributed by atoms with Crippen LogP contribution in [0.5, 0.6) is 5.75 Å². The number of benzene rings is 2. The van der Waals surface area contributed by atoms with Crippen LogP contribution in [0, 0.1) is 0 Å². The van der Waals surface area contributed by atoms with Crippen molar-refractivity contribution in [3.63, 3.8) is 0 Å². The van der Waals surface area contributed by atoms with Gasteiger partial charge in [-0.05, 0) is 55.8 Å². The molecule has 0 radical (unpaired) electrons. The van der Waals surface area contributed by atoms with Crippen molar-refractivity contribution in [2.24, 2.45) is 5.10 Å². The van der Waals surface area contributed by atoms with Gasteiger partial charge < -0.3 is 5.11 Å². The zero-order chi connectivity index (χ0) is 15.9. The Labute approximate surface area is 129 Å². The van der Waals surface area contributed by atoms with Gasteiger partial charge in [-0.25, -0.2) is 10.2 Å². The fraction of sp³-hybridized carbons (Fsp3) is 0.176. The Balaban J connectivity index is 2.07. The zero-order valence-electron chi connectivity index (χ0n) is 12.7. The topological polar surface area (TPSA) is 64.9 Å². The molecule has 0 spiro atoms. The van der Waals surface area contributed by atoms with Crippen molar-refractivity contribution in [1.29, 1.82) is 0 Å². The van der Waals surface area contributed by atoms with Crippen molar-refractivity contribution in [3.8, 4) is 5.75 Å². The van der Waals surface area contributed by atoms with E-state index in [2.05, 4.69) is 10.5 Å². The molecule has 2 N–H and O–H groups in total. The third-order valence-electron chi connectivity index (χ3n) is 3.23. The molecule has 0 saturated carbocycles. The van der Waals surface area contributed by atoms with E-state index in [1.807, 2.05) is 37.3 Å². The summed E-state index contributed by atoms with van der Waals surface area (Å²) < 4.78 is 0. The number of anilines is 1. The number of rotatable bonds is 4. The Morgan fingerprint density at radius 2 is 1.77 bits per heavy atom. The highest BCUT2D eigenvalue weighted by atomic mass is 16.3. The Hall–Kier alpha value is -2.82. The lowest BCUT2D eigenvalue weighted by molar-refractivity contribution is 0.247. The quantitative estimate of drug-likeness (QED) is 0.671. The Kier molecular flexibility index (Phi) is 5.14. The Morgan fingerprint density at radius 3 is 2.36 bits per heavy atom. The number of nitrogens with one attached hydrogen (secondary N) is 1. The van der Waals surface area contributed by atoms with Gasteiger partial charge in [0.2, 0.25) is 0 Å². The second kappa shape index (κ2) is 7.26. The van der Waals surface area contributed by atoms with Crippen LogP contribution in [-0.2, 0) is 0 Å². The summed E-state index contributed by atoms with van der Waals surface area (Å²) in [7, 11) is 0. The molecule has 5 nitrogen and oxygen atoms in total. The average molecular weight is 297 g/mol. The van der Waals surface area contributed by atoms with Gasteiger partial charge in [0, 0.05) is 12.2 Å². The monoisotopic (exact) mass is 297 g/mol. The summed E-state index contributed by atoms with van der Waals surface area (Å²) in [6, 6.07) is 15.8. The van der Waals surface area contributed by atoms with Crippen LogP contribution in [-0.4, -0.2) is 23.4 Å². The van der Waals surface area contributed by atoms with Gasteiger partial charge in [0.1, 0.15) is 5.75 Å². The standard InChI is InChI=1S/C17H19N3O2/c1-3-20(15-7-5-4-6-8-15)17(22)19-18-13(2)14-9-11-16(21)12-10-14/h4-12,21H,3H2,1-2H3,(H,19,22)/b18-13+. The Bertz CT molecular complexity index is 651. The van der Waals surface area contributed by atoms with E-state index in [1.54, 1.807) is 36.1 Å². The summed E-state index contributed by atoms with van der Waals surface area (Å²) in [6.45, 7) is 4.25. The van der Waals surface area contributed by atoms with Crippen LogP contribution in [0.1, 0.15) is 19.4 Å². The number of aromatic hydroxyl groups is 1. The molecule has 0 bridgehead atoms. The lowest BCUT2D eigenvalue weighted by Crippen LogP contribution is -2.37. The molecule has 2 rings (SSSR count). The van der Waals surface area contributed by atoms with Gasteiger partial charge in [0.25, 0.3) is 0 Å². The van der Waals surface area contributed by atoms with E-state index in [-0.39, 0.29) is 11.8 Å². The van der Waals surface area contributed by atoms with E-state index < -0.39 is 0 Å². The number of hydrogen-bond acceptors (Lipinski definition) is 3. The highest BCUT2D eigenvalue weighted by molar-refractivity contribution is 6.00. The smallest absolute Gasteiger partial charge is 0.342 e. The third-order valence-corrected chi connectivity index (χ3v) is 3.23. The van der Waals surface area contributed by atoms with Crippen LogP contribution in [0.25, 0.3) is 0 Å². The molecule has 114 valence electrons. The Morgan fingerprint density at radius 1 is 1.14 bits per heavy atom. The molecule has 0 aromatic heterocycles. The highest BCUT2D eigenvalue weighted by Gasteiger charge is 2.12. The summed E-state index contributed by atoms with van der Waals surface area (Å²) in [5, 5.41) is 13.4. The van der Waals surface area contributed by atoms with Crippen LogP contribution in [0.2, 0.25) is 0 Å². The van der Waals surface area contributed by atoms with Gasteiger partial charge in [-0.1, -0.05) is 18.2 Å². The van der Waals surface area contributed by atoms with E-state index in [0.717, 1.165) is 11.3 Å². The van der Waals surface area contributed by atoms with Crippen LogP contribution >= 0.6 is 0 Å². The molecule has 0 fully saturated rings. The van der Waals surface area contributed by atoms with Gasteiger partial charge in [0.05, 0.1) is 5.71 Å². The van der Waals surface area contributed by atoms with Gasteiger partial charge >= 0.3 is 6.03 Å². The van der Waals surface area contributed by atoms with Gasteiger partial charge in [-0.2, -0.15) is 5.10 Å². The lowest BCUT2D eigenvalue weighted by Gasteiger charge is -2.20.